The molecule has 0 atom stereocenters. The second kappa shape index (κ2) is 7.80. The summed E-state index contributed by atoms with van der Waals surface area (Å²) in [5.74, 6) is -0.756. The number of ether oxygens (including phenoxy) is 1. The number of halogens is 1. The van der Waals surface area contributed by atoms with Gasteiger partial charge in [-0.05, 0) is 43.2 Å². The van der Waals surface area contributed by atoms with Crippen LogP contribution in [0.25, 0.3) is 6.08 Å². The van der Waals surface area contributed by atoms with Gasteiger partial charge in [0.2, 0.25) is 0 Å². The lowest BCUT2D eigenvalue weighted by Crippen LogP contribution is -2.24. The highest BCUT2D eigenvalue weighted by Crippen LogP contribution is 2.33. The molecule has 27 heavy (non-hydrogen) atoms. The molecule has 0 saturated heterocycles. The molecule has 1 amide bonds. The van der Waals surface area contributed by atoms with E-state index in [-0.39, 0.29) is 11.5 Å². The summed E-state index contributed by atoms with van der Waals surface area (Å²) in [6, 6.07) is 15.1. The Morgan fingerprint density at radius 1 is 1.15 bits per heavy atom. The third kappa shape index (κ3) is 3.96. The molecule has 0 aromatic heterocycles. The molecule has 5 heteroatoms. The minimum Gasteiger partial charge on any atom is -0.465 e. The molecule has 0 N–H and O–H groups in total. The van der Waals surface area contributed by atoms with E-state index < -0.39 is 5.97 Å². The number of aryl methyl sites for hydroxylation is 1. The van der Waals surface area contributed by atoms with Crippen LogP contribution in [0.1, 0.15) is 23.6 Å². The van der Waals surface area contributed by atoms with Crippen molar-refractivity contribution in [1.82, 2.24) is 4.90 Å². The zero-order valence-electron chi connectivity index (χ0n) is 15.5. The van der Waals surface area contributed by atoms with Gasteiger partial charge in [-0.3, -0.25) is 4.79 Å². The first-order valence-electron chi connectivity index (χ1n) is 8.55. The zero-order chi connectivity index (χ0) is 19.6. The van der Waals surface area contributed by atoms with Gasteiger partial charge in [0.25, 0.3) is 5.91 Å². The fraction of sp³-hybridized carbons (Fsp3) is 0.182. The monoisotopic (exact) mass is 381 g/mol. The van der Waals surface area contributed by atoms with Crippen LogP contribution in [0.15, 0.2) is 65.4 Å². The fourth-order valence-corrected chi connectivity index (χ4v) is 3.26. The molecule has 0 fully saturated rings. The van der Waals surface area contributed by atoms with E-state index in [9.17, 15) is 9.59 Å². The number of amides is 1. The first-order chi connectivity index (χ1) is 12.9. The minimum atomic E-state index is -0.527. The minimum absolute atomic E-state index is 0.228. The molecule has 1 aliphatic heterocycles. The second-order valence-electron chi connectivity index (χ2n) is 6.44. The molecule has 0 radical (unpaired) electrons. The number of allylic oxidation sites excluding steroid dienone is 1. The van der Waals surface area contributed by atoms with Gasteiger partial charge in [-0.15, -0.1) is 0 Å². The molecule has 0 aliphatic carbocycles. The van der Waals surface area contributed by atoms with Gasteiger partial charge in [-0.1, -0.05) is 53.6 Å². The second-order valence-corrected chi connectivity index (χ2v) is 6.88. The Balaban J connectivity index is 2.02. The Labute approximate surface area is 163 Å². The number of hydrogen-bond acceptors (Lipinski definition) is 3. The summed E-state index contributed by atoms with van der Waals surface area (Å²) in [6.07, 6.45) is 1.68. The van der Waals surface area contributed by atoms with Crippen LogP contribution in [0.5, 0.6) is 0 Å². The van der Waals surface area contributed by atoms with Gasteiger partial charge in [0, 0.05) is 10.7 Å². The molecule has 0 bridgehead atoms. The standard InChI is InChI=1S/C22H20ClNO3/c1-14-7-9-16(10-8-14)13-24-15(2)20(22(26)27-3)19(21(24)25)12-17-5-4-6-18(23)11-17/h4-12H,13H2,1-3H3/b19-12-. The quantitative estimate of drug-likeness (QED) is 0.577. The van der Waals surface area contributed by atoms with Crippen LogP contribution in [-0.2, 0) is 20.9 Å². The Kier molecular flexibility index (Phi) is 5.47. The van der Waals surface area contributed by atoms with Crippen LogP contribution >= 0.6 is 11.6 Å². The highest BCUT2D eigenvalue weighted by Gasteiger charge is 2.36. The van der Waals surface area contributed by atoms with Gasteiger partial charge in [-0.25, -0.2) is 4.79 Å². The summed E-state index contributed by atoms with van der Waals surface area (Å²) in [7, 11) is 1.31. The summed E-state index contributed by atoms with van der Waals surface area (Å²) in [4.78, 5) is 27.0. The van der Waals surface area contributed by atoms with Crippen LogP contribution in [0.2, 0.25) is 5.02 Å². The molecule has 2 aromatic carbocycles. The van der Waals surface area contributed by atoms with Crippen LogP contribution in [0.4, 0.5) is 0 Å². The van der Waals surface area contributed by atoms with E-state index >= 15 is 0 Å². The summed E-state index contributed by atoms with van der Waals surface area (Å²) in [5.41, 5.74) is 4.07. The van der Waals surface area contributed by atoms with E-state index in [1.54, 1.807) is 36.1 Å². The Morgan fingerprint density at radius 2 is 1.85 bits per heavy atom. The van der Waals surface area contributed by atoms with Gasteiger partial charge < -0.3 is 9.64 Å². The number of hydrogen-bond donors (Lipinski definition) is 0. The Morgan fingerprint density at radius 3 is 2.48 bits per heavy atom. The van der Waals surface area contributed by atoms with Gasteiger partial charge in [0.15, 0.2) is 0 Å². The van der Waals surface area contributed by atoms with Gasteiger partial charge in [0.05, 0.1) is 24.8 Å². The third-order valence-electron chi connectivity index (χ3n) is 4.52. The van der Waals surface area contributed by atoms with Crippen molar-refractivity contribution in [2.45, 2.75) is 20.4 Å². The van der Waals surface area contributed by atoms with Crippen LogP contribution in [-0.4, -0.2) is 23.9 Å². The lowest BCUT2D eigenvalue weighted by Gasteiger charge is -2.18. The van der Waals surface area contributed by atoms with E-state index in [1.807, 2.05) is 37.3 Å². The maximum absolute atomic E-state index is 13.1. The summed E-state index contributed by atoms with van der Waals surface area (Å²) < 4.78 is 4.92. The van der Waals surface area contributed by atoms with E-state index in [0.29, 0.717) is 22.8 Å². The van der Waals surface area contributed by atoms with Crippen molar-refractivity contribution in [3.05, 3.63) is 87.1 Å². The van der Waals surface area contributed by atoms with Crippen LogP contribution in [0, 0.1) is 6.92 Å². The normalized spacial score (nSPS) is 15.6. The molecule has 0 unspecified atom stereocenters. The smallest absolute Gasteiger partial charge is 0.340 e. The summed E-state index contributed by atoms with van der Waals surface area (Å²) in [6.45, 7) is 4.16. The topological polar surface area (TPSA) is 46.6 Å². The van der Waals surface area contributed by atoms with Crippen molar-refractivity contribution in [2.75, 3.05) is 7.11 Å². The zero-order valence-corrected chi connectivity index (χ0v) is 16.2. The average Bonchev–Trinajstić information content (AvgIpc) is 2.87. The molecular formula is C22H20ClNO3. The average molecular weight is 382 g/mol. The lowest BCUT2D eigenvalue weighted by molar-refractivity contribution is -0.136. The molecule has 138 valence electrons. The SMILES string of the molecule is COC(=O)C1=C(C)N(Cc2ccc(C)cc2)C(=O)/C1=C\c1cccc(Cl)c1. The first-order valence-corrected chi connectivity index (χ1v) is 8.92. The maximum Gasteiger partial charge on any atom is 0.340 e. The molecular weight excluding hydrogens is 362 g/mol. The number of methoxy groups -OCH3 is 1. The Bertz CT molecular complexity index is 958. The van der Waals surface area contributed by atoms with Crippen molar-refractivity contribution in [2.24, 2.45) is 0 Å². The number of benzene rings is 2. The highest BCUT2D eigenvalue weighted by molar-refractivity contribution is 6.30. The molecule has 3 rings (SSSR count). The number of carbonyl (C=O) groups excluding carboxylic acids is 2. The predicted octanol–water partition coefficient (Wildman–Crippen LogP) is 4.52. The van der Waals surface area contributed by atoms with Gasteiger partial charge in [0.1, 0.15) is 0 Å². The highest BCUT2D eigenvalue weighted by atomic mass is 35.5. The lowest BCUT2D eigenvalue weighted by atomic mass is 10.0. The molecule has 0 spiro atoms. The number of esters is 1. The predicted molar refractivity (Wildman–Crippen MR) is 106 cm³/mol. The molecule has 1 heterocycles. The van der Waals surface area contributed by atoms with Crippen molar-refractivity contribution >= 4 is 29.6 Å². The van der Waals surface area contributed by atoms with Crippen molar-refractivity contribution in [3.63, 3.8) is 0 Å². The van der Waals surface area contributed by atoms with Crippen molar-refractivity contribution in [3.8, 4) is 0 Å². The largest absolute Gasteiger partial charge is 0.465 e. The summed E-state index contributed by atoms with van der Waals surface area (Å²) >= 11 is 6.04. The van der Waals surface area contributed by atoms with Gasteiger partial charge >= 0.3 is 5.97 Å². The molecule has 1 aliphatic rings. The molecule has 2 aromatic rings. The van der Waals surface area contributed by atoms with E-state index in [1.165, 1.54) is 7.11 Å². The van der Waals surface area contributed by atoms with Crippen LogP contribution in [0.3, 0.4) is 0 Å². The Hall–Kier alpha value is -2.85. The fourth-order valence-electron chi connectivity index (χ4n) is 3.06. The third-order valence-corrected chi connectivity index (χ3v) is 4.76. The number of carbonyl (C=O) groups is 2. The van der Waals surface area contributed by atoms with E-state index in [4.69, 9.17) is 16.3 Å². The van der Waals surface area contributed by atoms with Crippen molar-refractivity contribution in [1.29, 1.82) is 0 Å². The molecule has 4 nitrogen and oxygen atoms in total. The van der Waals surface area contributed by atoms with E-state index in [2.05, 4.69) is 0 Å². The van der Waals surface area contributed by atoms with Crippen molar-refractivity contribution < 1.29 is 14.3 Å². The number of nitrogens with zero attached hydrogens (tertiary/aromatic N) is 1. The van der Waals surface area contributed by atoms with E-state index in [0.717, 1.165) is 16.7 Å². The van der Waals surface area contributed by atoms with Gasteiger partial charge in [-0.2, -0.15) is 0 Å². The number of rotatable bonds is 4. The summed E-state index contributed by atoms with van der Waals surface area (Å²) in [5, 5.41) is 0.562. The van der Waals surface area contributed by atoms with Crippen LogP contribution < -0.4 is 0 Å². The first kappa shape index (κ1) is 18.9. The maximum atomic E-state index is 13.1. The molecule has 0 saturated carbocycles.